The van der Waals surface area contributed by atoms with E-state index >= 15 is 0 Å². The first-order chi connectivity index (χ1) is 24.0. The van der Waals surface area contributed by atoms with Crippen LogP contribution in [0.15, 0.2) is 164 Å². The summed E-state index contributed by atoms with van der Waals surface area (Å²) in [7, 11) is 0. The molecule has 1 aromatic heterocycles. The minimum absolute atomic E-state index is 0.0863. The van der Waals surface area contributed by atoms with E-state index in [1.54, 1.807) is 0 Å². The van der Waals surface area contributed by atoms with Crippen molar-refractivity contribution in [2.24, 2.45) is 0 Å². The highest BCUT2D eigenvalue weighted by Crippen LogP contribution is 2.51. The van der Waals surface area contributed by atoms with Gasteiger partial charge in [0.25, 0.3) is 0 Å². The summed E-state index contributed by atoms with van der Waals surface area (Å²) in [6.07, 6.45) is 0. The number of thiophene rings is 1. The third kappa shape index (κ3) is 4.31. The second-order valence-electron chi connectivity index (χ2n) is 13.8. The molecule has 1 aliphatic carbocycles. The Morgan fingerprint density at radius 3 is 1.96 bits per heavy atom. The molecule has 1 aliphatic rings. The lowest BCUT2D eigenvalue weighted by atomic mass is 9.82. The molecular formula is C47H33NS. The van der Waals surface area contributed by atoms with E-state index < -0.39 is 0 Å². The average Bonchev–Trinajstić information content (AvgIpc) is 3.64. The number of rotatable bonds is 4. The van der Waals surface area contributed by atoms with E-state index in [1.165, 1.54) is 80.8 Å². The zero-order valence-corrected chi connectivity index (χ0v) is 28.3. The normalized spacial score (nSPS) is 13.3. The Kier molecular flexibility index (Phi) is 6.16. The SMILES string of the molecule is CC1(C)c2ccccc2-c2ccc(N(c3ccc(-c4cccc5ccccc45)cc3)c3ccc4ccc5sc6ccccc6c5c4c3)cc21. The molecule has 0 radical (unpaired) electrons. The van der Waals surface area contributed by atoms with E-state index in [2.05, 4.69) is 183 Å². The number of anilines is 3. The summed E-state index contributed by atoms with van der Waals surface area (Å²) in [6, 6.07) is 60.7. The molecule has 0 aliphatic heterocycles. The minimum atomic E-state index is -0.0863. The van der Waals surface area contributed by atoms with Gasteiger partial charge < -0.3 is 4.90 Å². The summed E-state index contributed by atoms with van der Waals surface area (Å²) in [5, 5.41) is 7.76. The first kappa shape index (κ1) is 28.3. The Morgan fingerprint density at radius 1 is 0.429 bits per heavy atom. The summed E-state index contributed by atoms with van der Waals surface area (Å²) in [5.41, 5.74) is 11.3. The van der Waals surface area contributed by atoms with E-state index in [0.717, 1.165) is 11.4 Å². The predicted octanol–water partition coefficient (Wildman–Crippen LogP) is 13.8. The molecule has 10 rings (SSSR count). The van der Waals surface area contributed by atoms with Gasteiger partial charge in [0.2, 0.25) is 0 Å². The molecule has 0 fully saturated rings. The Bertz CT molecular complexity index is 2740. The summed E-state index contributed by atoms with van der Waals surface area (Å²) in [6.45, 7) is 4.72. The molecule has 0 unspecified atom stereocenters. The molecule has 9 aromatic rings. The van der Waals surface area contributed by atoms with Gasteiger partial charge in [-0.2, -0.15) is 0 Å². The predicted molar refractivity (Wildman–Crippen MR) is 212 cm³/mol. The molecule has 0 saturated heterocycles. The van der Waals surface area contributed by atoms with Crippen LogP contribution in [0.5, 0.6) is 0 Å². The van der Waals surface area contributed by atoms with E-state index in [1.807, 2.05) is 11.3 Å². The number of benzene rings is 8. The quantitative estimate of drug-likeness (QED) is 0.184. The van der Waals surface area contributed by atoms with Crippen LogP contribution in [-0.2, 0) is 5.41 Å². The number of hydrogen-bond donors (Lipinski definition) is 0. The van der Waals surface area contributed by atoms with E-state index in [4.69, 9.17) is 0 Å². The van der Waals surface area contributed by atoms with E-state index in [-0.39, 0.29) is 5.41 Å². The van der Waals surface area contributed by atoms with Crippen molar-refractivity contribution < 1.29 is 0 Å². The maximum absolute atomic E-state index is 2.44. The summed E-state index contributed by atoms with van der Waals surface area (Å²) in [5.74, 6) is 0. The Hall–Kier alpha value is -5.70. The van der Waals surface area contributed by atoms with Crippen molar-refractivity contribution in [3.8, 4) is 22.3 Å². The molecule has 0 atom stereocenters. The third-order valence-corrected chi connectivity index (χ3v) is 11.8. The van der Waals surface area contributed by atoms with Gasteiger partial charge >= 0.3 is 0 Å². The smallest absolute Gasteiger partial charge is 0.0468 e. The lowest BCUT2D eigenvalue weighted by Gasteiger charge is -2.28. The molecule has 2 heteroatoms. The van der Waals surface area contributed by atoms with Crippen molar-refractivity contribution in [3.63, 3.8) is 0 Å². The van der Waals surface area contributed by atoms with E-state index in [0.29, 0.717) is 0 Å². The molecule has 0 saturated carbocycles. The molecule has 0 bridgehead atoms. The van der Waals surface area contributed by atoms with Crippen LogP contribution in [0, 0.1) is 0 Å². The largest absolute Gasteiger partial charge is 0.310 e. The van der Waals surface area contributed by atoms with Crippen molar-refractivity contribution in [3.05, 3.63) is 175 Å². The van der Waals surface area contributed by atoms with Gasteiger partial charge in [-0.25, -0.2) is 0 Å². The van der Waals surface area contributed by atoms with Gasteiger partial charge in [-0.3, -0.25) is 0 Å². The van der Waals surface area contributed by atoms with Crippen molar-refractivity contribution in [2.45, 2.75) is 19.3 Å². The van der Waals surface area contributed by atoms with Gasteiger partial charge in [0.05, 0.1) is 0 Å². The minimum Gasteiger partial charge on any atom is -0.310 e. The topological polar surface area (TPSA) is 3.24 Å². The molecule has 8 aromatic carbocycles. The highest BCUT2D eigenvalue weighted by Gasteiger charge is 2.35. The van der Waals surface area contributed by atoms with Crippen LogP contribution in [0.2, 0.25) is 0 Å². The van der Waals surface area contributed by atoms with Crippen LogP contribution in [-0.4, -0.2) is 0 Å². The highest BCUT2D eigenvalue weighted by atomic mass is 32.1. The molecule has 49 heavy (non-hydrogen) atoms. The summed E-state index contributed by atoms with van der Waals surface area (Å²) < 4.78 is 2.66. The fraction of sp³-hybridized carbons (Fsp3) is 0.0638. The number of hydrogen-bond acceptors (Lipinski definition) is 2. The molecule has 232 valence electrons. The molecule has 1 nitrogen and oxygen atoms in total. The fourth-order valence-electron chi connectivity index (χ4n) is 8.22. The van der Waals surface area contributed by atoms with Crippen LogP contribution < -0.4 is 4.90 Å². The Morgan fingerprint density at radius 2 is 1.06 bits per heavy atom. The van der Waals surface area contributed by atoms with Crippen LogP contribution >= 0.6 is 11.3 Å². The lowest BCUT2D eigenvalue weighted by Crippen LogP contribution is -2.16. The van der Waals surface area contributed by atoms with Gasteiger partial charge in [0.15, 0.2) is 0 Å². The summed E-state index contributed by atoms with van der Waals surface area (Å²) >= 11 is 1.88. The Balaban J connectivity index is 1.18. The van der Waals surface area contributed by atoms with Gasteiger partial charge in [-0.15, -0.1) is 11.3 Å². The first-order valence-corrected chi connectivity index (χ1v) is 17.8. The molecular weight excluding hydrogens is 611 g/mol. The second kappa shape index (κ2) is 10.7. The summed E-state index contributed by atoms with van der Waals surface area (Å²) in [4.78, 5) is 2.44. The van der Waals surface area contributed by atoms with Gasteiger partial charge in [0, 0.05) is 42.6 Å². The molecule has 1 heterocycles. The van der Waals surface area contributed by atoms with Crippen LogP contribution in [0.4, 0.5) is 17.1 Å². The van der Waals surface area contributed by atoms with E-state index in [9.17, 15) is 0 Å². The zero-order valence-electron chi connectivity index (χ0n) is 27.4. The monoisotopic (exact) mass is 643 g/mol. The number of fused-ring (bicyclic) bond motifs is 9. The lowest BCUT2D eigenvalue weighted by molar-refractivity contribution is 0.660. The maximum Gasteiger partial charge on any atom is 0.0468 e. The molecule has 0 spiro atoms. The van der Waals surface area contributed by atoms with Crippen molar-refractivity contribution in [1.29, 1.82) is 0 Å². The standard InChI is InChI=1S/C47H33NS/c1-47(2)42-16-7-5-13-38(42)39-26-25-35(29-43(39)47)48(33-22-18-31(19-23-33)37-15-9-11-30-10-3-4-12-36(30)37)34-24-20-32-21-27-45-46(41(32)28-34)40-14-6-8-17-44(40)49-45/h3-29H,1-2H3. The van der Waals surface area contributed by atoms with Crippen molar-refractivity contribution in [1.82, 2.24) is 0 Å². The average molecular weight is 644 g/mol. The number of nitrogens with zero attached hydrogens (tertiary/aromatic N) is 1. The maximum atomic E-state index is 2.44. The fourth-order valence-corrected chi connectivity index (χ4v) is 9.34. The first-order valence-electron chi connectivity index (χ1n) is 17.0. The van der Waals surface area contributed by atoms with Crippen molar-refractivity contribution in [2.75, 3.05) is 4.90 Å². The van der Waals surface area contributed by atoms with Crippen molar-refractivity contribution >= 4 is 70.1 Å². The molecule has 0 amide bonds. The molecule has 0 N–H and O–H groups in total. The van der Waals surface area contributed by atoms with Gasteiger partial charge in [-0.05, 0) is 103 Å². The van der Waals surface area contributed by atoms with Crippen LogP contribution in [0.1, 0.15) is 25.0 Å². The van der Waals surface area contributed by atoms with Crippen LogP contribution in [0.3, 0.4) is 0 Å². The Labute approximate surface area is 290 Å². The van der Waals surface area contributed by atoms with Crippen LogP contribution in [0.25, 0.3) is 64.0 Å². The van der Waals surface area contributed by atoms with Gasteiger partial charge in [0.1, 0.15) is 0 Å². The second-order valence-corrected chi connectivity index (χ2v) is 14.8. The highest BCUT2D eigenvalue weighted by molar-refractivity contribution is 7.26. The third-order valence-electron chi connectivity index (χ3n) is 10.7. The zero-order chi connectivity index (χ0) is 32.7. The van der Waals surface area contributed by atoms with Gasteiger partial charge in [-0.1, -0.05) is 129 Å².